The van der Waals surface area contributed by atoms with Crippen LogP contribution in [0.5, 0.6) is 0 Å². The second kappa shape index (κ2) is 6.45. The Balaban J connectivity index is 0.00000156. The number of halogens is 1. The molecule has 3 unspecified atom stereocenters. The molecule has 1 amide bonds. The summed E-state index contributed by atoms with van der Waals surface area (Å²) in [4.78, 5) is 15.3. The number of nitrogens with one attached hydrogen (secondary N) is 1. The third-order valence-electron chi connectivity index (χ3n) is 5.99. The van der Waals surface area contributed by atoms with Gasteiger partial charge >= 0.3 is 0 Å². The minimum absolute atomic E-state index is 0. The molecular formula is C19H27ClN2O. The molecule has 126 valence electrons. The second-order valence-corrected chi connectivity index (χ2v) is 7.25. The molecule has 1 saturated heterocycles. The summed E-state index contributed by atoms with van der Waals surface area (Å²) in [5.74, 6) is 0.663. The number of nitrogens with zero attached hydrogens (tertiary/aromatic N) is 1. The van der Waals surface area contributed by atoms with E-state index in [0.29, 0.717) is 11.9 Å². The van der Waals surface area contributed by atoms with Crippen molar-refractivity contribution in [1.29, 1.82) is 0 Å². The van der Waals surface area contributed by atoms with Gasteiger partial charge in [0.2, 0.25) is 5.91 Å². The predicted molar refractivity (Wildman–Crippen MR) is 95.1 cm³/mol. The number of fused-ring (bicyclic) bond motifs is 2. The van der Waals surface area contributed by atoms with Crippen LogP contribution in [0.2, 0.25) is 0 Å². The summed E-state index contributed by atoms with van der Waals surface area (Å²) >= 11 is 0. The third-order valence-corrected chi connectivity index (χ3v) is 5.99. The largest absolute Gasteiger partial charge is 0.338 e. The first-order chi connectivity index (χ1) is 10.8. The minimum Gasteiger partial charge on any atom is -0.338 e. The van der Waals surface area contributed by atoms with Crippen molar-refractivity contribution in [1.82, 2.24) is 10.2 Å². The topological polar surface area (TPSA) is 32.3 Å². The fraction of sp³-hybridized carbons (Fsp3) is 0.632. The SMILES string of the molecule is CCCN(C(=O)C1CC12CCc1ccccc12)C1CCNC1.Cl. The highest BCUT2D eigenvalue weighted by Gasteiger charge is 2.62. The number of hydrogen-bond acceptors (Lipinski definition) is 2. The average Bonchev–Trinajstić information content (AvgIpc) is 2.87. The van der Waals surface area contributed by atoms with Gasteiger partial charge in [-0.15, -0.1) is 12.4 Å². The van der Waals surface area contributed by atoms with Gasteiger partial charge in [-0.05, 0) is 49.8 Å². The highest BCUT2D eigenvalue weighted by Crippen LogP contribution is 2.62. The van der Waals surface area contributed by atoms with Gasteiger partial charge in [-0.3, -0.25) is 4.79 Å². The van der Waals surface area contributed by atoms with E-state index in [4.69, 9.17) is 0 Å². The normalized spacial score (nSPS) is 30.8. The first-order valence-electron chi connectivity index (χ1n) is 8.86. The van der Waals surface area contributed by atoms with Crippen LogP contribution in [0.1, 0.15) is 43.7 Å². The molecule has 1 aromatic carbocycles. The number of rotatable bonds is 4. The van der Waals surface area contributed by atoms with Gasteiger partial charge in [-0.2, -0.15) is 0 Å². The van der Waals surface area contributed by atoms with Crippen LogP contribution in [0.3, 0.4) is 0 Å². The number of hydrogen-bond donors (Lipinski definition) is 1. The molecule has 0 radical (unpaired) electrons. The van der Waals surface area contributed by atoms with Crippen molar-refractivity contribution in [3.8, 4) is 0 Å². The number of carbonyl (C=O) groups is 1. The smallest absolute Gasteiger partial charge is 0.226 e. The Morgan fingerprint density at radius 1 is 1.39 bits per heavy atom. The zero-order valence-corrected chi connectivity index (χ0v) is 14.7. The van der Waals surface area contributed by atoms with Crippen LogP contribution in [0.4, 0.5) is 0 Å². The fourth-order valence-electron chi connectivity index (χ4n) is 4.74. The molecule has 1 aromatic rings. The number of aryl methyl sites for hydroxylation is 1. The van der Waals surface area contributed by atoms with Crippen LogP contribution in [0.25, 0.3) is 0 Å². The Labute approximate surface area is 145 Å². The quantitative estimate of drug-likeness (QED) is 0.918. The van der Waals surface area contributed by atoms with Gasteiger partial charge in [0.1, 0.15) is 0 Å². The van der Waals surface area contributed by atoms with Crippen LogP contribution in [-0.4, -0.2) is 36.5 Å². The number of amides is 1. The molecule has 3 atom stereocenters. The molecule has 3 aliphatic rings. The molecule has 0 aromatic heterocycles. The van der Waals surface area contributed by atoms with Crippen LogP contribution in [-0.2, 0) is 16.6 Å². The van der Waals surface area contributed by atoms with Gasteiger partial charge in [-0.25, -0.2) is 0 Å². The number of carbonyl (C=O) groups excluding carboxylic acids is 1. The minimum atomic E-state index is 0. The van der Waals surface area contributed by atoms with Crippen molar-refractivity contribution in [3.05, 3.63) is 35.4 Å². The molecule has 3 nitrogen and oxygen atoms in total. The fourth-order valence-corrected chi connectivity index (χ4v) is 4.74. The van der Waals surface area contributed by atoms with Crippen LogP contribution < -0.4 is 5.32 Å². The summed E-state index contributed by atoms with van der Waals surface area (Å²) in [5, 5.41) is 3.41. The van der Waals surface area contributed by atoms with E-state index in [2.05, 4.69) is 41.4 Å². The van der Waals surface area contributed by atoms with E-state index >= 15 is 0 Å². The monoisotopic (exact) mass is 334 g/mol. The first kappa shape index (κ1) is 16.8. The van der Waals surface area contributed by atoms with Crippen molar-refractivity contribution in [2.45, 2.75) is 50.5 Å². The molecule has 4 heteroatoms. The molecule has 2 fully saturated rings. The van der Waals surface area contributed by atoms with E-state index in [0.717, 1.165) is 45.3 Å². The Bertz CT molecular complexity index is 584. The molecule has 23 heavy (non-hydrogen) atoms. The predicted octanol–water partition coefficient (Wildman–Crippen LogP) is 2.91. The molecule has 1 spiro atoms. The van der Waals surface area contributed by atoms with Gasteiger partial charge in [-0.1, -0.05) is 31.2 Å². The summed E-state index contributed by atoms with van der Waals surface area (Å²) in [5.41, 5.74) is 3.13. The van der Waals surface area contributed by atoms with Crippen molar-refractivity contribution < 1.29 is 4.79 Å². The van der Waals surface area contributed by atoms with Crippen LogP contribution in [0, 0.1) is 5.92 Å². The second-order valence-electron chi connectivity index (χ2n) is 7.25. The summed E-state index contributed by atoms with van der Waals surface area (Å²) in [7, 11) is 0. The Morgan fingerprint density at radius 3 is 2.96 bits per heavy atom. The highest BCUT2D eigenvalue weighted by molar-refractivity contribution is 5.85. The lowest BCUT2D eigenvalue weighted by atomic mass is 9.94. The molecule has 1 N–H and O–H groups in total. The zero-order chi connectivity index (χ0) is 15.2. The molecule has 0 bridgehead atoms. The molecule has 1 aliphatic heterocycles. The molecule has 4 rings (SSSR count). The van der Waals surface area contributed by atoms with Crippen LogP contribution in [0.15, 0.2) is 24.3 Å². The highest BCUT2D eigenvalue weighted by atomic mass is 35.5. The lowest BCUT2D eigenvalue weighted by Gasteiger charge is -2.29. The van der Waals surface area contributed by atoms with Gasteiger partial charge < -0.3 is 10.2 Å². The molecule has 2 aliphatic carbocycles. The Morgan fingerprint density at radius 2 is 2.22 bits per heavy atom. The first-order valence-corrected chi connectivity index (χ1v) is 8.86. The van der Waals surface area contributed by atoms with Crippen molar-refractivity contribution in [2.75, 3.05) is 19.6 Å². The van der Waals surface area contributed by atoms with Crippen molar-refractivity contribution in [2.24, 2.45) is 5.92 Å². The maximum atomic E-state index is 13.2. The van der Waals surface area contributed by atoms with E-state index < -0.39 is 0 Å². The Hall–Kier alpha value is -1.06. The Kier molecular flexibility index (Phi) is 4.70. The van der Waals surface area contributed by atoms with Gasteiger partial charge in [0, 0.05) is 30.5 Å². The van der Waals surface area contributed by atoms with Gasteiger partial charge in [0.15, 0.2) is 0 Å². The summed E-state index contributed by atoms with van der Waals surface area (Å²) in [6.07, 6.45) is 5.56. The molecule has 1 saturated carbocycles. The van der Waals surface area contributed by atoms with E-state index in [1.807, 2.05) is 0 Å². The standard InChI is InChI=1S/C19H26N2O.ClH/c1-2-11-21(15-8-10-20-13-15)18(22)17-12-19(17)9-7-14-5-3-4-6-16(14)19;/h3-6,15,17,20H,2,7-13H2,1H3;1H. The van der Waals surface area contributed by atoms with E-state index in [1.54, 1.807) is 0 Å². The lowest BCUT2D eigenvalue weighted by molar-refractivity contribution is -0.135. The van der Waals surface area contributed by atoms with Crippen LogP contribution >= 0.6 is 12.4 Å². The van der Waals surface area contributed by atoms with E-state index in [1.165, 1.54) is 17.5 Å². The van der Waals surface area contributed by atoms with Crippen molar-refractivity contribution >= 4 is 18.3 Å². The van der Waals surface area contributed by atoms with E-state index in [-0.39, 0.29) is 23.7 Å². The summed E-state index contributed by atoms with van der Waals surface area (Å²) in [6.45, 7) is 5.12. The van der Waals surface area contributed by atoms with Gasteiger partial charge in [0.05, 0.1) is 0 Å². The van der Waals surface area contributed by atoms with E-state index in [9.17, 15) is 4.79 Å². The lowest BCUT2D eigenvalue weighted by Crippen LogP contribution is -2.43. The molecule has 1 heterocycles. The zero-order valence-electron chi connectivity index (χ0n) is 13.9. The van der Waals surface area contributed by atoms with Crippen molar-refractivity contribution in [3.63, 3.8) is 0 Å². The maximum Gasteiger partial charge on any atom is 0.226 e. The van der Waals surface area contributed by atoms with Gasteiger partial charge in [0.25, 0.3) is 0 Å². The third kappa shape index (κ3) is 2.68. The average molecular weight is 335 g/mol. The molecular weight excluding hydrogens is 308 g/mol. The summed E-state index contributed by atoms with van der Waals surface area (Å²) < 4.78 is 0. The summed E-state index contributed by atoms with van der Waals surface area (Å²) in [6, 6.07) is 9.19. The maximum absolute atomic E-state index is 13.2. The number of benzene rings is 1.